The predicted molar refractivity (Wildman–Crippen MR) is 58.5 cm³/mol. The Morgan fingerprint density at radius 3 is 2.00 bits per heavy atom. The van der Waals surface area contributed by atoms with E-state index in [0.29, 0.717) is 5.75 Å². The molecular weight excluding hydrogens is 248 g/mol. The van der Waals surface area contributed by atoms with E-state index in [4.69, 9.17) is 14.2 Å². The maximum atomic E-state index is 5.25. The molecule has 0 atom stereocenters. The highest BCUT2D eigenvalue weighted by molar-refractivity contribution is 9.10. The van der Waals surface area contributed by atoms with Crippen LogP contribution in [0.4, 0.5) is 0 Å². The number of halogens is 1. The van der Waals surface area contributed by atoms with E-state index in [9.17, 15) is 0 Å². The molecule has 1 aromatic carbocycles. The first-order valence-electron chi connectivity index (χ1n) is 4.10. The fraction of sp³-hybridized carbons (Fsp3) is 0.400. The zero-order valence-electron chi connectivity index (χ0n) is 8.68. The van der Waals surface area contributed by atoms with E-state index in [1.807, 2.05) is 13.0 Å². The lowest BCUT2D eigenvalue weighted by Crippen LogP contribution is -1.96. The molecule has 0 amide bonds. The van der Waals surface area contributed by atoms with E-state index in [-0.39, 0.29) is 0 Å². The maximum absolute atomic E-state index is 5.25. The van der Waals surface area contributed by atoms with Crippen LogP contribution in [-0.2, 0) is 0 Å². The molecule has 0 N–H and O–H groups in total. The second kappa shape index (κ2) is 4.55. The summed E-state index contributed by atoms with van der Waals surface area (Å²) in [5, 5.41) is 0. The number of hydrogen-bond donors (Lipinski definition) is 0. The van der Waals surface area contributed by atoms with E-state index in [1.165, 1.54) is 0 Å². The average Bonchev–Trinajstić information content (AvgIpc) is 2.19. The predicted octanol–water partition coefficient (Wildman–Crippen LogP) is 2.78. The quantitative estimate of drug-likeness (QED) is 0.837. The average molecular weight is 261 g/mol. The molecule has 1 rings (SSSR count). The first kappa shape index (κ1) is 11.2. The third-order valence-electron chi connectivity index (χ3n) is 2.03. The van der Waals surface area contributed by atoms with Gasteiger partial charge in [-0.3, -0.25) is 0 Å². The minimum absolute atomic E-state index is 0.698. The van der Waals surface area contributed by atoms with Gasteiger partial charge in [-0.15, -0.1) is 0 Å². The van der Waals surface area contributed by atoms with Crippen LogP contribution < -0.4 is 14.2 Å². The van der Waals surface area contributed by atoms with Crippen LogP contribution in [-0.4, -0.2) is 21.3 Å². The van der Waals surface area contributed by atoms with Gasteiger partial charge in [0.25, 0.3) is 0 Å². The molecule has 0 aliphatic rings. The molecule has 0 aromatic heterocycles. The lowest BCUT2D eigenvalue weighted by atomic mass is 10.2. The Hall–Kier alpha value is -0.900. The Morgan fingerprint density at radius 1 is 1.00 bits per heavy atom. The lowest BCUT2D eigenvalue weighted by molar-refractivity contribution is 0.368. The van der Waals surface area contributed by atoms with Gasteiger partial charge in [-0.1, -0.05) is 0 Å². The van der Waals surface area contributed by atoms with E-state index in [0.717, 1.165) is 21.5 Å². The molecule has 0 heterocycles. The third-order valence-corrected chi connectivity index (χ3v) is 2.78. The summed E-state index contributed by atoms with van der Waals surface area (Å²) >= 11 is 3.41. The minimum Gasteiger partial charge on any atom is -0.496 e. The van der Waals surface area contributed by atoms with Crippen LogP contribution in [0.3, 0.4) is 0 Å². The summed E-state index contributed by atoms with van der Waals surface area (Å²) in [6, 6.07) is 1.82. The first-order chi connectivity index (χ1) is 6.65. The van der Waals surface area contributed by atoms with Crippen molar-refractivity contribution in [1.29, 1.82) is 0 Å². The standard InChI is InChI=1S/C10H13BrO3/c1-6-7(12-2)5-8(13-3)9(11)10(6)14-4/h5H,1-4H3. The van der Waals surface area contributed by atoms with Gasteiger partial charge in [0, 0.05) is 11.6 Å². The van der Waals surface area contributed by atoms with E-state index >= 15 is 0 Å². The molecule has 0 spiro atoms. The molecule has 0 saturated heterocycles. The molecule has 0 saturated carbocycles. The highest BCUT2D eigenvalue weighted by atomic mass is 79.9. The fourth-order valence-electron chi connectivity index (χ4n) is 1.28. The summed E-state index contributed by atoms with van der Waals surface area (Å²) in [7, 11) is 4.84. The van der Waals surface area contributed by atoms with Gasteiger partial charge in [-0.05, 0) is 22.9 Å². The molecule has 1 aromatic rings. The first-order valence-corrected chi connectivity index (χ1v) is 4.90. The van der Waals surface area contributed by atoms with Crippen LogP contribution in [0.1, 0.15) is 5.56 Å². The SMILES string of the molecule is COc1cc(OC)c(Br)c(OC)c1C. The van der Waals surface area contributed by atoms with Gasteiger partial charge in [-0.2, -0.15) is 0 Å². The summed E-state index contributed by atoms with van der Waals surface area (Å²) in [5.41, 5.74) is 0.947. The van der Waals surface area contributed by atoms with Crippen LogP contribution in [0.2, 0.25) is 0 Å². The molecule has 14 heavy (non-hydrogen) atoms. The molecule has 4 heteroatoms. The Balaban J connectivity index is 3.39. The van der Waals surface area contributed by atoms with E-state index in [1.54, 1.807) is 21.3 Å². The van der Waals surface area contributed by atoms with Gasteiger partial charge in [0.15, 0.2) is 0 Å². The smallest absolute Gasteiger partial charge is 0.143 e. The minimum atomic E-state index is 0.698. The summed E-state index contributed by atoms with van der Waals surface area (Å²) in [4.78, 5) is 0. The van der Waals surface area contributed by atoms with E-state index < -0.39 is 0 Å². The number of methoxy groups -OCH3 is 3. The molecular formula is C10H13BrO3. The Bertz CT molecular complexity index is 308. The third kappa shape index (κ3) is 1.80. The number of rotatable bonds is 3. The van der Waals surface area contributed by atoms with Gasteiger partial charge >= 0.3 is 0 Å². The lowest BCUT2D eigenvalue weighted by Gasteiger charge is -2.14. The molecule has 0 radical (unpaired) electrons. The Labute approximate surface area is 92.1 Å². The Kier molecular flexibility index (Phi) is 3.63. The van der Waals surface area contributed by atoms with Crippen molar-refractivity contribution in [1.82, 2.24) is 0 Å². The topological polar surface area (TPSA) is 27.7 Å². The van der Waals surface area contributed by atoms with Crippen molar-refractivity contribution in [3.8, 4) is 17.2 Å². The number of benzene rings is 1. The summed E-state index contributed by atoms with van der Waals surface area (Å²) in [5.74, 6) is 2.19. The molecule has 3 nitrogen and oxygen atoms in total. The van der Waals surface area contributed by atoms with Crippen LogP contribution in [0.25, 0.3) is 0 Å². The van der Waals surface area contributed by atoms with Gasteiger partial charge in [-0.25, -0.2) is 0 Å². The highest BCUT2D eigenvalue weighted by Crippen LogP contribution is 2.41. The fourth-order valence-corrected chi connectivity index (χ4v) is 2.02. The summed E-state index contributed by atoms with van der Waals surface area (Å²) in [6.45, 7) is 1.93. The summed E-state index contributed by atoms with van der Waals surface area (Å²) in [6.07, 6.45) is 0. The monoisotopic (exact) mass is 260 g/mol. The number of ether oxygens (including phenoxy) is 3. The van der Waals surface area contributed by atoms with Gasteiger partial charge in [0.1, 0.15) is 21.7 Å². The number of hydrogen-bond acceptors (Lipinski definition) is 3. The van der Waals surface area contributed by atoms with Crippen molar-refractivity contribution in [3.63, 3.8) is 0 Å². The van der Waals surface area contributed by atoms with Crippen molar-refractivity contribution in [3.05, 3.63) is 16.1 Å². The van der Waals surface area contributed by atoms with Crippen molar-refractivity contribution < 1.29 is 14.2 Å². The van der Waals surface area contributed by atoms with Gasteiger partial charge in [0.2, 0.25) is 0 Å². The maximum Gasteiger partial charge on any atom is 0.143 e. The van der Waals surface area contributed by atoms with Crippen LogP contribution in [0.15, 0.2) is 10.5 Å². The van der Waals surface area contributed by atoms with Crippen LogP contribution >= 0.6 is 15.9 Å². The normalized spacial score (nSPS) is 9.79. The second-order valence-electron chi connectivity index (χ2n) is 2.75. The van der Waals surface area contributed by atoms with Gasteiger partial charge < -0.3 is 14.2 Å². The largest absolute Gasteiger partial charge is 0.496 e. The summed E-state index contributed by atoms with van der Waals surface area (Å²) < 4.78 is 16.4. The van der Waals surface area contributed by atoms with Crippen LogP contribution in [0, 0.1) is 6.92 Å². The molecule has 0 bridgehead atoms. The van der Waals surface area contributed by atoms with Gasteiger partial charge in [0.05, 0.1) is 21.3 Å². The molecule has 0 unspecified atom stereocenters. The Morgan fingerprint density at radius 2 is 1.57 bits per heavy atom. The molecule has 0 fully saturated rings. The molecule has 78 valence electrons. The molecule has 0 aliphatic heterocycles. The van der Waals surface area contributed by atoms with Crippen molar-refractivity contribution in [2.45, 2.75) is 6.92 Å². The molecule has 0 aliphatic carbocycles. The zero-order valence-corrected chi connectivity index (χ0v) is 10.3. The second-order valence-corrected chi connectivity index (χ2v) is 3.55. The van der Waals surface area contributed by atoms with E-state index in [2.05, 4.69) is 15.9 Å². The zero-order chi connectivity index (χ0) is 10.7. The van der Waals surface area contributed by atoms with Crippen molar-refractivity contribution in [2.75, 3.05) is 21.3 Å². The van der Waals surface area contributed by atoms with Crippen molar-refractivity contribution >= 4 is 15.9 Å². The van der Waals surface area contributed by atoms with Crippen LogP contribution in [0.5, 0.6) is 17.2 Å². The van der Waals surface area contributed by atoms with Crippen molar-refractivity contribution in [2.24, 2.45) is 0 Å². The highest BCUT2D eigenvalue weighted by Gasteiger charge is 2.15.